The number of hydrogen-bond donors (Lipinski definition) is 1. The van der Waals surface area contributed by atoms with E-state index in [1.165, 1.54) is 35.7 Å². The van der Waals surface area contributed by atoms with Crippen molar-refractivity contribution in [3.8, 4) is 0 Å². The second-order valence-corrected chi connectivity index (χ2v) is 7.15. The highest BCUT2D eigenvalue weighted by atomic mass is 32.1. The van der Waals surface area contributed by atoms with E-state index in [-0.39, 0.29) is 11.1 Å². The molecule has 1 aromatic carbocycles. The Hall–Kier alpha value is -3.65. The van der Waals surface area contributed by atoms with Crippen LogP contribution in [0.4, 0.5) is 5.69 Å². The number of Topliss-reactive ketones (excluding diaryl/α,β-unsaturated/α-hetero) is 1. The van der Waals surface area contributed by atoms with E-state index in [9.17, 15) is 19.5 Å². The first-order valence-electron chi connectivity index (χ1n) is 8.59. The molecule has 1 aliphatic rings. The number of rotatable bonds is 5. The van der Waals surface area contributed by atoms with E-state index >= 15 is 0 Å². The molecule has 1 atom stereocenters. The molecule has 1 amide bonds. The quantitative estimate of drug-likeness (QED) is 0.507. The van der Waals surface area contributed by atoms with E-state index in [0.29, 0.717) is 16.3 Å². The van der Waals surface area contributed by atoms with Crippen LogP contribution in [-0.2, 0) is 9.53 Å². The van der Waals surface area contributed by atoms with Crippen LogP contribution in [0.15, 0.2) is 75.9 Å². The number of ketones is 1. The van der Waals surface area contributed by atoms with Crippen LogP contribution in [0.25, 0.3) is 0 Å². The molecule has 0 bridgehead atoms. The largest absolute Gasteiger partial charge is 0.503 e. The van der Waals surface area contributed by atoms with Crippen LogP contribution in [0.1, 0.15) is 31.8 Å². The lowest BCUT2D eigenvalue weighted by Crippen LogP contribution is -2.31. The molecule has 3 aromatic rings. The molecule has 146 valence electrons. The highest BCUT2D eigenvalue weighted by Gasteiger charge is 2.46. The van der Waals surface area contributed by atoms with Crippen LogP contribution in [-0.4, -0.2) is 29.9 Å². The molecule has 3 heterocycles. The van der Waals surface area contributed by atoms with Gasteiger partial charge in [-0.05, 0) is 41.8 Å². The summed E-state index contributed by atoms with van der Waals surface area (Å²) in [6, 6.07) is 11.8. The van der Waals surface area contributed by atoms with Gasteiger partial charge in [0.15, 0.2) is 5.76 Å². The van der Waals surface area contributed by atoms with Gasteiger partial charge in [-0.3, -0.25) is 14.5 Å². The van der Waals surface area contributed by atoms with Crippen LogP contribution in [0.5, 0.6) is 0 Å². The third kappa shape index (κ3) is 3.13. The highest BCUT2D eigenvalue weighted by molar-refractivity contribution is 7.12. The number of hydrogen-bond acceptors (Lipinski definition) is 7. The second kappa shape index (κ2) is 7.40. The van der Waals surface area contributed by atoms with Crippen molar-refractivity contribution in [2.75, 3.05) is 12.0 Å². The van der Waals surface area contributed by atoms with Crippen molar-refractivity contribution in [2.45, 2.75) is 6.04 Å². The monoisotopic (exact) mass is 409 g/mol. The number of aliphatic hydroxyl groups excluding tert-OH is 1. The van der Waals surface area contributed by atoms with Crippen molar-refractivity contribution < 1.29 is 28.6 Å². The Bertz CT molecular complexity index is 1110. The predicted octanol–water partition coefficient (Wildman–Crippen LogP) is 3.91. The van der Waals surface area contributed by atoms with E-state index in [2.05, 4.69) is 0 Å². The van der Waals surface area contributed by atoms with E-state index in [4.69, 9.17) is 9.15 Å². The molecule has 7 nitrogen and oxygen atoms in total. The van der Waals surface area contributed by atoms with Crippen molar-refractivity contribution in [3.63, 3.8) is 0 Å². The number of aliphatic hydroxyl groups is 1. The fourth-order valence-corrected chi connectivity index (χ4v) is 3.94. The summed E-state index contributed by atoms with van der Waals surface area (Å²) >= 11 is 1.21. The van der Waals surface area contributed by atoms with Crippen LogP contribution in [0, 0.1) is 0 Å². The molecule has 0 saturated heterocycles. The van der Waals surface area contributed by atoms with E-state index in [1.54, 1.807) is 47.8 Å². The first kappa shape index (κ1) is 18.7. The number of thiophene rings is 1. The molecule has 0 fully saturated rings. The van der Waals surface area contributed by atoms with Crippen molar-refractivity contribution in [3.05, 3.63) is 87.7 Å². The molecular formula is C21H15NO6S. The maximum atomic E-state index is 13.1. The van der Waals surface area contributed by atoms with Gasteiger partial charge in [0.05, 0.1) is 29.4 Å². The maximum absolute atomic E-state index is 13.1. The Morgan fingerprint density at radius 3 is 2.66 bits per heavy atom. The lowest BCUT2D eigenvalue weighted by Gasteiger charge is -2.25. The zero-order valence-corrected chi connectivity index (χ0v) is 16.0. The molecule has 1 unspecified atom stereocenters. The first-order valence-corrected chi connectivity index (χ1v) is 9.47. The number of furan rings is 1. The number of ether oxygens (including phenoxy) is 1. The van der Waals surface area contributed by atoms with Crippen molar-refractivity contribution >= 4 is 34.7 Å². The summed E-state index contributed by atoms with van der Waals surface area (Å²) in [5, 5.41) is 12.3. The minimum absolute atomic E-state index is 0.0733. The topological polar surface area (TPSA) is 97.0 Å². The molecule has 1 N–H and O–H groups in total. The molecule has 4 rings (SSSR count). The fourth-order valence-electron chi connectivity index (χ4n) is 3.26. The zero-order valence-electron chi connectivity index (χ0n) is 15.2. The molecule has 0 aliphatic carbocycles. The number of esters is 1. The zero-order chi connectivity index (χ0) is 20.5. The lowest BCUT2D eigenvalue weighted by molar-refractivity contribution is -0.117. The van der Waals surface area contributed by atoms with Gasteiger partial charge in [-0.25, -0.2) is 4.79 Å². The van der Waals surface area contributed by atoms with E-state index < -0.39 is 29.5 Å². The number of nitrogens with zero attached hydrogens (tertiary/aromatic N) is 1. The number of carbonyl (C=O) groups is 3. The lowest BCUT2D eigenvalue weighted by atomic mass is 10.00. The minimum atomic E-state index is -0.972. The Labute approximate surface area is 169 Å². The Morgan fingerprint density at radius 2 is 2.00 bits per heavy atom. The Kier molecular flexibility index (Phi) is 4.77. The summed E-state index contributed by atoms with van der Waals surface area (Å²) in [5.74, 6) is -2.12. The third-order valence-corrected chi connectivity index (χ3v) is 5.42. The van der Waals surface area contributed by atoms with Crippen molar-refractivity contribution in [2.24, 2.45) is 0 Å². The Balaban J connectivity index is 1.84. The molecule has 0 saturated carbocycles. The molecule has 1 aliphatic heterocycles. The minimum Gasteiger partial charge on any atom is -0.503 e. The third-order valence-electron chi connectivity index (χ3n) is 4.56. The summed E-state index contributed by atoms with van der Waals surface area (Å²) in [5.41, 5.74) is 0.476. The van der Waals surface area contributed by atoms with Crippen molar-refractivity contribution in [1.29, 1.82) is 0 Å². The number of anilines is 1. The average Bonchev–Trinajstić information content (AvgIpc) is 3.49. The SMILES string of the molecule is COC(=O)c1cccc(N2C(=O)C(O)=C(C(=O)c3cccs3)C2c2ccco2)c1. The van der Waals surface area contributed by atoms with Crippen LogP contribution in [0.3, 0.4) is 0 Å². The van der Waals surface area contributed by atoms with E-state index in [0.717, 1.165) is 0 Å². The number of amides is 1. The fraction of sp³-hybridized carbons (Fsp3) is 0.0952. The molecule has 0 radical (unpaired) electrons. The summed E-state index contributed by atoms with van der Waals surface area (Å²) in [6.45, 7) is 0. The molecule has 2 aromatic heterocycles. The van der Waals surface area contributed by atoms with Gasteiger partial charge in [0.25, 0.3) is 5.91 Å². The normalized spacial score (nSPS) is 16.4. The summed E-state index contributed by atoms with van der Waals surface area (Å²) in [4.78, 5) is 39.6. The van der Waals surface area contributed by atoms with Gasteiger partial charge in [-0.1, -0.05) is 12.1 Å². The van der Waals surface area contributed by atoms with Crippen molar-refractivity contribution in [1.82, 2.24) is 0 Å². The molecule has 8 heteroatoms. The highest BCUT2D eigenvalue weighted by Crippen LogP contribution is 2.42. The van der Waals surface area contributed by atoms with Gasteiger partial charge in [-0.2, -0.15) is 0 Å². The summed E-state index contributed by atoms with van der Waals surface area (Å²) < 4.78 is 10.2. The average molecular weight is 409 g/mol. The van der Waals surface area contributed by atoms with Gasteiger partial charge in [0, 0.05) is 5.69 Å². The van der Waals surface area contributed by atoms with Crippen LogP contribution < -0.4 is 4.90 Å². The number of benzene rings is 1. The van der Waals surface area contributed by atoms with Gasteiger partial charge in [0.1, 0.15) is 11.8 Å². The second-order valence-electron chi connectivity index (χ2n) is 6.20. The van der Waals surface area contributed by atoms with Crippen LogP contribution in [0.2, 0.25) is 0 Å². The first-order chi connectivity index (χ1) is 14.0. The standard InChI is InChI=1S/C21H15NO6S/c1-27-21(26)12-5-2-6-13(11-12)22-17(14-7-3-9-28-14)16(19(24)20(22)25)18(23)15-8-4-10-29-15/h2-11,17,24H,1H3. The van der Waals surface area contributed by atoms with Crippen LogP contribution >= 0.6 is 11.3 Å². The molecule has 29 heavy (non-hydrogen) atoms. The van der Waals surface area contributed by atoms with Gasteiger partial charge in [-0.15, -0.1) is 11.3 Å². The molecular weight excluding hydrogens is 394 g/mol. The van der Waals surface area contributed by atoms with Gasteiger partial charge in [0.2, 0.25) is 5.78 Å². The predicted molar refractivity (Wildman–Crippen MR) is 105 cm³/mol. The van der Waals surface area contributed by atoms with Gasteiger partial charge < -0.3 is 14.3 Å². The Morgan fingerprint density at radius 1 is 1.17 bits per heavy atom. The van der Waals surface area contributed by atoms with E-state index in [1.807, 2.05) is 0 Å². The summed E-state index contributed by atoms with van der Waals surface area (Å²) in [6.07, 6.45) is 1.42. The maximum Gasteiger partial charge on any atom is 0.337 e. The smallest absolute Gasteiger partial charge is 0.337 e. The molecule has 0 spiro atoms. The number of carbonyl (C=O) groups excluding carboxylic acids is 3. The number of methoxy groups -OCH3 is 1. The van der Waals surface area contributed by atoms with Gasteiger partial charge >= 0.3 is 5.97 Å². The summed E-state index contributed by atoms with van der Waals surface area (Å²) in [7, 11) is 1.26.